The van der Waals surface area contributed by atoms with Crippen molar-refractivity contribution in [1.82, 2.24) is 5.32 Å². The zero-order chi connectivity index (χ0) is 11.5. The van der Waals surface area contributed by atoms with E-state index in [4.69, 9.17) is 0 Å². The molecule has 1 N–H and O–H groups in total. The van der Waals surface area contributed by atoms with Crippen LogP contribution in [0.3, 0.4) is 0 Å². The molecule has 3 heteroatoms. The van der Waals surface area contributed by atoms with Crippen molar-refractivity contribution in [2.45, 2.75) is 38.6 Å². The Morgan fingerprint density at radius 3 is 2.88 bits per heavy atom. The van der Waals surface area contributed by atoms with E-state index in [1.807, 2.05) is 18.2 Å². The summed E-state index contributed by atoms with van der Waals surface area (Å²) < 4.78 is 0. The summed E-state index contributed by atoms with van der Waals surface area (Å²) in [6, 6.07) is 0.266. The number of hydrogen-bond donors (Lipinski definition) is 1. The van der Waals surface area contributed by atoms with Crippen molar-refractivity contribution in [1.29, 1.82) is 0 Å². The van der Waals surface area contributed by atoms with Gasteiger partial charge in [0.1, 0.15) is 0 Å². The minimum absolute atomic E-state index is 0. The highest BCUT2D eigenvalue weighted by molar-refractivity contribution is 7.59. The van der Waals surface area contributed by atoms with E-state index in [2.05, 4.69) is 18.8 Å². The Morgan fingerprint density at radius 2 is 2.18 bits per heavy atom. The molecule has 0 aromatic carbocycles. The minimum atomic E-state index is 0. The lowest BCUT2D eigenvalue weighted by Crippen LogP contribution is -2.29. The number of carbonyl (C=O) groups is 1. The summed E-state index contributed by atoms with van der Waals surface area (Å²) in [4.78, 5) is 11.7. The van der Waals surface area contributed by atoms with E-state index in [1.54, 1.807) is 0 Å². The number of unbranched alkanes of at least 4 members (excludes halogenated alkanes) is 2. The molecule has 0 aromatic rings. The highest BCUT2D eigenvalue weighted by Gasteiger charge is 2.38. The first-order valence-corrected chi connectivity index (χ1v) is 6.12. The van der Waals surface area contributed by atoms with E-state index in [0.29, 0.717) is 0 Å². The number of hydrogen-bond acceptors (Lipinski definition) is 1. The summed E-state index contributed by atoms with van der Waals surface area (Å²) in [6.07, 6.45) is 10.6. The molecule has 0 saturated carbocycles. The monoisotopic (exact) mass is 251 g/mol. The number of fused-ring (bicyclic) bond motifs is 1. The maximum Gasteiger partial charge on any atom is 0.248 e. The van der Waals surface area contributed by atoms with Gasteiger partial charge in [-0.25, -0.2) is 0 Å². The lowest BCUT2D eigenvalue weighted by atomic mass is 9.83. The lowest BCUT2D eigenvalue weighted by Gasteiger charge is -2.21. The Morgan fingerprint density at radius 1 is 1.41 bits per heavy atom. The zero-order valence-corrected chi connectivity index (χ0v) is 11.3. The molecule has 17 heavy (non-hydrogen) atoms. The number of carbonyl (C=O) groups excluding carboxylic acids is 1. The van der Waals surface area contributed by atoms with E-state index >= 15 is 0 Å². The first kappa shape index (κ1) is 14.1. The Labute approximate surface area is 110 Å². The van der Waals surface area contributed by atoms with Gasteiger partial charge in [0, 0.05) is 17.5 Å². The van der Waals surface area contributed by atoms with Gasteiger partial charge in [-0.15, -0.1) is 0 Å². The molecule has 1 fully saturated rings. The van der Waals surface area contributed by atoms with Crippen molar-refractivity contribution in [2.75, 3.05) is 0 Å². The van der Waals surface area contributed by atoms with Gasteiger partial charge in [0.05, 0.1) is 0 Å². The van der Waals surface area contributed by atoms with Crippen LogP contribution in [0, 0.1) is 5.92 Å². The summed E-state index contributed by atoms with van der Waals surface area (Å²) in [5.74, 6) is 0.311. The number of nitrogens with one attached hydrogen (secondary N) is 1. The van der Waals surface area contributed by atoms with Crippen LogP contribution in [0.4, 0.5) is 0 Å². The summed E-state index contributed by atoms with van der Waals surface area (Å²) >= 11 is 0. The second kappa shape index (κ2) is 6.10. The fourth-order valence-corrected chi connectivity index (χ4v) is 2.56. The van der Waals surface area contributed by atoms with Crippen LogP contribution in [0.2, 0.25) is 0 Å². The normalized spacial score (nSPS) is 26.1. The SMILES string of the molecule is C=C1C=CC=C2C(=O)NC(CCCCC)C12.S. The Balaban J connectivity index is 0.00000144. The van der Waals surface area contributed by atoms with Crippen LogP contribution in [0.1, 0.15) is 32.6 Å². The average molecular weight is 251 g/mol. The summed E-state index contributed by atoms with van der Waals surface area (Å²) in [5, 5.41) is 3.08. The van der Waals surface area contributed by atoms with Gasteiger partial charge in [0.2, 0.25) is 5.91 Å². The predicted octanol–water partition coefficient (Wildman–Crippen LogP) is 2.85. The van der Waals surface area contributed by atoms with E-state index in [1.165, 1.54) is 19.3 Å². The molecule has 1 aliphatic carbocycles. The molecule has 0 spiro atoms. The van der Waals surface area contributed by atoms with Crippen molar-refractivity contribution in [3.8, 4) is 0 Å². The average Bonchev–Trinajstić information content (AvgIpc) is 2.58. The number of rotatable bonds is 4. The molecule has 2 unspecified atom stereocenters. The van der Waals surface area contributed by atoms with E-state index < -0.39 is 0 Å². The molecule has 2 rings (SSSR count). The van der Waals surface area contributed by atoms with Gasteiger partial charge in [0.25, 0.3) is 0 Å². The molecule has 2 atom stereocenters. The third-order valence-electron chi connectivity index (χ3n) is 3.42. The van der Waals surface area contributed by atoms with Crippen LogP contribution in [-0.2, 0) is 4.79 Å². The highest BCUT2D eigenvalue weighted by atomic mass is 32.1. The first-order valence-electron chi connectivity index (χ1n) is 6.12. The van der Waals surface area contributed by atoms with Gasteiger partial charge >= 0.3 is 0 Å². The van der Waals surface area contributed by atoms with Crippen LogP contribution in [-0.4, -0.2) is 11.9 Å². The van der Waals surface area contributed by atoms with Crippen molar-refractivity contribution in [3.63, 3.8) is 0 Å². The lowest BCUT2D eigenvalue weighted by molar-refractivity contribution is -0.116. The van der Waals surface area contributed by atoms with Crippen LogP contribution in [0.5, 0.6) is 0 Å². The third kappa shape index (κ3) is 2.83. The molecule has 94 valence electrons. The maximum absolute atomic E-state index is 11.7. The smallest absolute Gasteiger partial charge is 0.248 e. The molecule has 1 aliphatic heterocycles. The molecule has 2 aliphatic rings. The van der Waals surface area contributed by atoms with E-state index in [-0.39, 0.29) is 31.4 Å². The van der Waals surface area contributed by atoms with Gasteiger partial charge in [-0.2, -0.15) is 13.5 Å². The fourth-order valence-electron chi connectivity index (χ4n) is 2.56. The molecule has 1 amide bonds. The predicted molar refractivity (Wildman–Crippen MR) is 76.3 cm³/mol. The molecule has 0 aromatic heterocycles. The van der Waals surface area contributed by atoms with Crippen LogP contribution < -0.4 is 5.32 Å². The van der Waals surface area contributed by atoms with E-state index in [0.717, 1.165) is 17.6 Å². The summed E-state index contributed by atoms with van der Waals surface area (Å²) in [7, 11) is 0. The number of amides is 1. The first-order chi connectivity index (χ1) is 7.74. The van der Waals surface area contributed by atoms with Crippen molar-refractivity contribution >= 4 is 19.4 Å². The molecule has 1 saturated heterocycles. The van der Waals surface area contributed by atoms with E-state index in [9.17, 15) is 4.79 Å². The summed E-state index contributed by atoms with van der Waals surface area (Å²) in [6.45, 7) is 6.25. The maximum atomic E-state index is 11.7. The van der Waals surface area contributed by atoms with Crippen molar-refractivity contribution in [2.24, 2.45) is 5.92 Å². The quantitative estimate of drug-likeness (QED) is 0.765. The van der Waals surface area contributed by atoms with Gasteiger partial charge in [0.15, 0.2) is 0 Å². The molecular weight excluding hydrogens is 230 g/mol. The summed E-state index contributed by atoms with van der Waals surface area (Å²) in [5.41, 5.74) is 1.96. The van der Waals surface area contributed by atoms with Crippen molar-refractivity contribution < 1.29 is 4.79 Å². The van der Waals surface area contributed by atoms with Gasteiger partial charge < -0.3 is 5.32 Å². The molecular formula is C14H21NOS. The van der Waals surface area contributed by atoms with Crippen molar-refractivity contribution in [3.05, 3.63) is 36.0 Å². The van der Waals surface area contributed by atoms with Crippen LogP contribution in [0.15, 0.2) is 36.0 Å². The molecule has 1 heterocycles. The Kier molecular flexibility index (Phi) is 5.06. The van der Waals surface area contributed by atoms with Gasteiger partial charge in [-0.05, 0) is 12.0 Å². The van der Waals surface area contributed by atoms with Crippen LogP contribution >= 0.6 is 13.5 Å². The fraction of sp³-hybridized carbons (Fsp3) is 0.500. The third-order valence-corrected chi connectivity index (χ3v) is 3.42. The second-order valence-electron chi connectivity index (χ2n) is 4.61. The minimum Gasteiger partial charge on any atom is -0.349 e. The molecule has 0 radical (unpaired) electrons. The van der Waals surface area contributed by atoms with Crippen LogP contribution in [0.25, 0.3) is 0 Å². The Bertz CT molecular complexity index is 368. The molecule has 0 bridgehead atoms. The second-order valence-corrected chi connectivity index (χ2v) is 4.61. The number of allylic oxidation sites excluding steroid dienone is 3. The largest absolute Gasteiger partial charge is 0.349 e. The topological polar surface area (TPSA) is 29.1 Å². The molecule has 2 nitrogen and oxygen atoms in total. The highest BCUT2D eigenvalue weighted by Crippen LogP contribution is 2.34. The van der Waals surface area contributed by atoms with Gasteiger partial charge in [-0.3, -0.25) is 4.79 Å². The zero-order valence-electron chi connectivity index (χ0n) is 10.3. The standard InChI is InChI=1S/C14H19NO.H2S/c1-3-4-5-9-12-13-10(2)7-6-8-11(13)14(16)15-12;/h6-8,12-13H,2-5,9H2,1H3,(H,15,16);1H2. The Hall–Kier alpha value is -0.960. The van der Waals surface area contributed by atoms with Gasteiger partial charge in [-0.1, -0.05) is 51.0 Å².